The van der Waals surface area contributed by atoms with Crippen LogP contribution in [0, 0.1) is 0 Å². The molecule has 174 valence electrons. The predicted octanol–water partition coefficient (Wildman–Crippen LogP) is 4.76. The molecule has 7 nitrogen and oxygen atoms in total. The maximum atomic E-state index is 12.8. The highest BCUT2D eigenvalue weighted by molar-refractivity contribution is 5.92. The fourth-order valence-electron chi connectivity index (χ4n) is 3.51. The third-order valence-electron chi connectivity index (χ3n) is 5.21. The van der Waals surface area contributed by atoms with E-state index in [1.54, 1.807) is 40.6 Å². The molecule has 33 heavy (non-hydrogen) atoms. The van der Waals surface area contributed by atoms with E-state index in [1.165, 1.54) is 5.56 Å². The van der Waals surface area contributed by atoms with E-state index in [0.29, 0.717) is 42.4 Å². The minimum Gasteiger partial charge on any atom is -0.497 e. The van der Waals surface area contributed by atoms with Crippen molar-refractivity contribution in [2.45, 2.75) is 13.0 Å². The summed E-state index contributed by atoms with van der Waals surface area (Å²) in [7, 11) is 6.27. The van der Waals surface area contributed by atoms with Gasteiger partial charge in [0.15, 0.2) is 11.5 Å². The molecule has 3 aromatic rings. The van der Waals surface area contributed by atoms with Crippen LogP contribution in [0.1, 0.15) is 12.0 Å². The van der Waals surface area contributed by atoms with Gasteiger partial charge in [0.05, 0.1) is 28.4 Å². The molecule has 1 amide bonds. The molecule has 0 atom stereocenters. The lowest BCUT2D eigenvalue weighted by Gasteiger charge is -2.25. The van der Waals surface area contributed by atoms with Gasteiger partial charge in [-0.15, -0.1) is 0 Å². The maximum absolute atomic E-state index is 12.8. The molecule has 3 rings (SSSR count). The number of benzene rings is 3. The molecule has 0 saturated heterocycles. The van der Waals surface area contributed by atoms with E-state index in [4.69, 9.17) is 18.9 Å². The summed E-state index contributed by atoms with van der Waals surface area (Å²) < 4.78 is 21.3. The average molecular weight is 451 g/mol. The molecule has 3 aromatic carbocycles. The Balaban J connectivity index is 1.72. The molecule has 0 aromatic heterocycles. The minimum atomic E-state index is -0.115. The number of carbonyl (C=O) groups excluding carboxylic acids is 1. The van der Waals surface area contributed by atoms with Crippen LogP contribution in [-0.2, 0) is 11.3 Å². The number of nitrogens with zero attached hydrogens (tertiary/aromatic N) is 1. The van der Waals surface area contributed by atoms with Gasteiger partial charge in [0.25, 0.3) is 0 Å². The molecule has 7 heteroatoms. The van der Waals surface area contributed by atoms with Crippen LogP contribution in [0.4, 0.5) is 11.4 Å². The fourth-order valence-corrected chi connectivity index (χ4v) is 3.51. The van der Waals surface area contributed by atoms with Gasteiger partial charge in [-0.2, -0.15) is 0 Å². The topological polar surface area (TPSA) is 69.3 Å². The summed E-state index contributed by atoms with van der Waals surface area (Å²) in [6, 6.07) is 21.4. The highest BCUT2D eigenvalue weighted by atomic mass is 16.5. The first-order valence-corrected chi connectivity index (χ1v) is 10.6. The summed E-state index contributed by atoms with van der Waals surface area (Å²) in [6.07, 6.45) is 0.301. The number of hydrogen-bond acceptors (Lipinski definition) is 6. The van der Waals surface area contributed by atoms with Crippen molar-refractivity contribution >= 4 is 17.3 Å². The van der Waals surface area contributed by atoms with E-state index in [9.17, 15) is 4.79 Å². The summed E-state index contributed by atoms with van der Waals surface area (Å²) in [5.74, 6) is 2.12. The summed E-state index contributed by atoms with van der Waals surface area (Å²) >= 11 is 0. The second kappa shape index (κ2) is 11.7. The molecule has 0 heterocycles. The Kier molecular flexibility index (Phi) is 8.41. The van der Waals surface area contributed by atoms with Crippen LogP contribution in [0.5, 0.6) is 23.0 Å². The van der Waals surface area contributed by atoms with Gasteiger partial charge in [-0.25, -0.2) is 0 Å². The standard InChI is InChI=1S/C26H30N2O5/c1-30-22-12-10-21(11-13-22)28(18-19-8-6-5-7-9-19)15-14-25(29)27-20-16-23(31-2)26(33-4)24(17-20)32-3/h5-13,16-17H,14-15,18H2,1-4H3,(H,27,29). The van der Waals surface area contributed by atoms with Crippen molar-refractivity contribution in [1.82, 2.24) is 0 Å². The Labute approximate surface area is 194 Å². The second-order valence-corrected chi connectivity index (χ2v) is 7.32. The number of amides is 1. The van der Waals surface area contributed by atoms with Gasteiger partial charge in [-0.3, -0.25) is 4.79 Å². The Morgan fingerprint density at radius 2 is 1.45 bits per heavy atom. The molecule has 0 unspecified atom stereocenters. The molecular formula is C26H30N2O5. The third kappa shape index (κ3) is 6.32. The molecule has 0 aliphatic carbocycles. The lowest BCUT2D eigenvalue weighted by molar-refractivity contribution is -0.116. The first kappa shape index (κ1) is 23.8. The van der Waals surface area contributed by atoms with E-state index in [2.05, 4.69) is 22.3 Å². The number of methoxy groups -OCH3 is 4. The highest BCUT2D eigenvalue weighted by Crippen LogP contribution is 2.40. The average Bonchev–Trinajstić information content (AvgIpc) is 2.86. The molecule has 1 N–H and O–H groups in total. The fraction of sp³-hybridized carbons (Fsp3) is 0.269. The van der Waals surface area contributed by atoms with Crippen molar-refractivity contribution in [2.24, 2.45) is 0 Å². The Morgan fingerprint density at radius 3 is 2.00 bits per heavy atom. The van der Waals surface area contributed by atoms with E-state index in [1.807, 2.05) is 42.5 Å². The number of carbonyl (C=O) groups is 1. The summed E-state index contributed by atoms with van der Waals surface area (Å²) in [5.41, 5.74) is 2.76. The van der Waals surface area contributed by atoms with Crippen LogP contribution in [0.15, 0.2) is 66.7 Å². The summed E-state index contributed by atoms with van der Waals surface area (Å²) in [6.45, 7) is 1.22. The first-order valence-electron chi connectivity index (χ1n) is 10.6. The van der Waals surface area contributed by atoms with Crippen LogP contribution in [0.2, 0.25) is 0 Å². The van der Waals surface area contributed by atoms with Crippen molar-refractivity contribution in [3.63, 3.8) is 0 Å². The normalized spacial score (nSPS) is 10.3. The Hall–Kier alpha value is -3.87. The quantitative estimate of drug-likeness (QED) is 0.454. The van der Waals surface area contributed by atoms with E-state index >= 15 is 0 Å². The zero-order valence-corrected chi connectivity index (χ0v) is 19.5. The van der Waals surface area contributed by atoms with E-state index < -0.39 is 0 Å². The highest BCUT2D eigenvalue weighted by Gasteiger charge is 2.16. The Morgan fingerprint density at radius 1 is 0.818 bits per heavy atom. The molecular weight excluding hydrogens is 420 g/mol. The Bertz CT molecular complexity index is 1010. The zero-order valence-electron chi connectivity index (χ0n) is 19.5. The number of anilines is 2. The van der Waals surface area contributed by atoms with Gasteiger partial charge in [0, 0.05) is 43.0 Å². The van der Waals surface area contributed by atoms with Gasteiger partial charge in [-0.1, -0.05) is 30.3 Å². The molecule has 0 saturated carbocycles. The van der Waals surface area contributed by atoms with Crippen molar-refractivity contribution in [1.29, 1.82) is 0 Å². The van der Waals surface area contributed by atoms with Crippen LogP contribution in [-0.4, -0.2) is 40.9 Å². The summed E-state index contributed by atoms with van der Waals surface area (Å²) in [5, 5.41) is 2.93. The number of nitrogens with one attached hydrogen (secondary N) is 1. The van der Waals surface area contributed by atoms with Gasteiger partial charge >= 0.3 is 0 Å². The largest absolute Gasteiger partial charge is 0.497 e. The molecule has 0 aliphatic heterocycles. The van der Waals surface area contributed by atoms with Crippen molar-refractivity contribution in [2.75, 3.05) is 45.2 Å². The number of ether oxygens (including phenoxy) is 4. The van der Waals surface area contributed by atoms with Crippen molar-refractivity contribution in [3.05, 3.63) is 72.3 Å². The maximum Gasteiger partial charge on any atom is 0.226 e. The van der Waals surface area contributed by atoms with E-state index in [-0.39, 0.29) is 5.91 Å². The molecule has 0 aliphatic rings. The van der Waals surface area contributed by atoms with Crippen LogP contribution >= 0.6 is 0 Å². The third-order valence-corrected chi connectivity index (χ3v) is 5.21. The molecule has 0 bridgehead atoms. The van der Waals surface area contributed by atoms with Crippen LogP contribution in [0.3, 0.4) is 0 Å². The van der Waals surface area contributed by atoms with Crippen molar-refractivity contribution < 1.29 is 23.7 Å². The van der Waals surface area contributed by atoms with Crippen molar-refractivity contribution in [3.8, 4) is 23.0 Å². The first-order chi connectivity index (χ1) is 16.1. The van der Waals surface area contributed by atoms with Gasteiger partial charge in [0.1, 0.15) is 5.75 Å². The van der Waals surface area contributed by atoms with Gasteiger partial charge < -0.3 is 29.2 Å². The van der Waals surface area contributed by atoms with Gasteiger partial charge in [-0.05, 0) is 29.8 Å². The number of rotatable bonds is 11. The molecule has 0 spiro atoms. The minimum absolute atomic E-state index is 0.115. The lowest BCUT2D eigenvalue weighted by Crippen LogP contribution is -2.27. The smallest absolute Gasteiger partial charge is 0.226 e. The molecule has 0 radical (unpaired) electrons. The lowest BCUT2D eigenvalue weighted by atomic mass is 10.1. The summed E-state index contributed by atoms with van der Waals surface area (Å²) in [4.78, 5) is 15.0. The SMILES string of the molecule is COc1ccc(N(CCC(=O)Nc2cc(OC)c(OC)c(OC)c2)Cc2ccccc2)cc1. The molecule has 0 fully saturated rings. The van der Waals surface area contributed by atoms with Gasteiger partial charge in [0.2, 0.25) is 11.7 Å². The predicted molar refractivity (Wildman–Crippen MR) is 130 cm³/mol. The number of hydrogen-bond donors (Lipinski definition) is 1. The van der Waals surface area contributed by atoms with E-state index in [0.717, 1.165) is 11.4 Å². The van der Waals surface area contributed by atoms with Crippen LogP contribution < -0.4 is 29.2 Å². The zero-order chi connectivity index (χ0) is 23.6. The second-order valence-electron chi connectivity index (χ2n) is 7.32. The van der Waals surface area contributed by atoms with Crippen LogP contribution in [0.25, 0.3) is 0 Å². The monoisotopic (exact) mass is 450 g/mol.